The van der Waals surface area contributed by atoms with Crippen LogP contribution in [-0.2, 0) is 4.79 Å². The Kier molecular flexibility index (Phi) is 5.55. The van der Waals surface area contributed by atoms with Crippen LogP contribution in [0.3, 0.4) is 0 Å². The highest BCUT2D eigenvalue weighted by Crippen LogP contribution is 2.12. The fourth-order valence-corrected chi connectivity index (χ4v) is 2.36. The highest BCUT2D eigenvalue weighted by atomic mass is 35.5. The van der Waals surface area contributed by atoms with Crippen molar-refractivity contribution in [1.29, 1.82) is 0 Å². The summed E-state index contributed by atoms with van der Waals surface area (Å²) in [6.07, 6.45) is 3.86. The van der Waals surface area contributed by atoms with Crippen molar-refractivity contribution in [3.05, 3.63) is 5.28 Å². The molecule has 21 heavy (non-hydrogen) atoms. The van der Waals surface area contributed by atoms with Crippen molar-refractivity contribution in [3.8, 4) is 0 Å². The topological polar surface area (TPSA) is 74.2 Å². The Bertz CT molecular complexity index is 490. The van der Waals surface area contributed by atoms with Gasteiger partial charge >= 0.3 is 0 Å². The number of anilines is 2. The van der Waals surface area contributed by atoms with Crippen molar-refractivity contribution in [3.63, 3.8) is 0 Å². The van der Waals surface area contributed by atoms with E-state index in [1.54, 1.807) is 4.90 Å². The lowest BCUT2D eigenvalue weighted by atomic mass is 10.1. The predicted octanol–water partition coefficient (Wildman–Crippen LogP) is 1.41. The first-order valence-corrected chi connectivity index (χ1v) is 7.54. The van der Waals surface area contributed by atoms with Gasteiger partial charge in [-0.3, -0.25) is 4.79 Å². The van der Waals surface area contributed by atoms with E-state index in [1.165, 1.54) is 6.42 Å². The maximum absolute atomic E-state index is 12.0. The van der Waals surface area contributed by atoms with E-state index in [2.05, 4.69) is 20.3 Å². The number of hydrogen-bond acceptors (Lipinski definition) is 6. The molecule has 1 N–H and O–H groups in total. The largest absolute Gasteiger partial charge is 0.354 e. The lowest BCUT2D eigenvalue weighted by molar-refractivity contribution is -0.131. The van der Waals surface area contributed by atoms with Crippen molar-refractivity contribution in [1.82, 2.24) is 19.9 Å². The van der Waals surface area contributed by atoms with Crippen molar-refractivity contribution in [2.75, 3.05) is 43.9 Å². The van der Waals surface area contributed by atoms with E-state index in [0.29, 0.717) is 24.9 Å². The Labute approximate surface area is 129 Å². The zero-order chi connectivity index (χ0) is 15.2. The van der Waals surface area contributed by atoms with Crippen molar-refractivity contribution < 1.29 is 4.79 Å². The number of likely N-dealkylation sites (tertiary alicyclic amines) is 1. The molecule has 1 fully saturated rings. The number of carbonyl (C=O) groups excluding carboxylic acids is 1. The predicted molar refractivity (Wildman–Crippen MR) is 82.7 cm³/mol. The van der Waals surface area contributed by atoms with Crippen LogP contribution < -0.4 is 10.2 Å². The molecule has 8 heteroatoms. The summed E-state index contributed by atoms with van der Waals surface area (Å²) >= 11 is 5.85. The Morgan fingerprint density at radius 2 is 1.95 bits per heavy atom. The fourth-order valence-electron chi connectivity index (χ4n) is 2.20. The lowest BCUT2D eigenvalue weighted by Crippen LogP contribution is -2.36. The zero-order valence-corrected chi connectivity index (χ0v) is 13.2. The maximum Gasteiger partial charge on any atom is 0.230 e. The molecule has 1 aromatic rings. The summed E-state index contributed by atoms with van der Waals surface area (Å²) in [7, 11) is 3.66. The third kappa shape index (κ3) is 4.70. The highest BCUT2D eigenvalue weighted by molar-refractivity contribution is 6.28. The smallest absolute Gasteiger partial charge is 0.230 e. The first-order chi connectivity index (χ1) is 10.1. The average molecular weight is 313 g/mol. The first-order valence-electron chi connectivity index (χ1n) is 7.17. The molecule has 1 aliphatic rings. The van der Waals surface area contributed by atoms with Gasteiger partial charge in [-0.2, -0.15) is 15.0 Å². The van der Waals surface area contributed by atoms with Crippen molar-refractivity contribution >= 4 is 29.4 Å². The molecule has 1 aromatic heterocycles. The van der Waals surface area contributed by atoms with Crippen molar-refractivity contribution in [2.24, 2.45) is 0 Å². The molecule has 2 rings (SSSR count). The minimum absolute atomic E-state index is 0.138. The summed E-state index contributed by atoms with van der Waals surface area (Å²) < 4.78 is 0. The number of amides is 1. The molecule has 1 saturated heterocycles. The van der Waals surface area contributed by atoms with Crippen LogP contribution in [0.1, 0.15) is 25.7 Å². The van der Waals surface area contributed by atoms with Gasteiger partial charge in [0.1, 0.15) is 0 Å². The number of hydrogen-bond donors (Lipinski definition) is 1. The van der Waals surface area contributed by atoms with Crippen LogP contribution in [0.25, 0.3) is 0 Å². The molecule has 7 nitrogen and oxygen atoms in total. The minimum atomic E-state index is 0.138. The molecular formula is C13H21ClN6O. The van der Waals surface area contributed by atoms with Gasteiger partial charge in [0.15, 0.2) is 0 Å². The Morgan fingerprint density at radius 1 is 1.24 bits per heavy atom. The maximum atomic E-state index is 12.0. The van der Waals surface area contributed by atoms with E-state index < -0.39 is 0 Å². The summed E-state index contributed by atoms with van der Waals surface area (Å²) in [4.78, 5) is 27.9. The van der Waals surface area contributed by atoms with Gasteiger partial charge in [-0.1, -0.05) is 0 Å². The second kappa shape index (κ2) is 7.40. The van der Waals surface area contributed by atoms with Gasteiger partial charge in [-0.15, -0.1) is 0 Å². The van der Waals surface area contributed by atoms with Crippen LogP contribution in [0.2, 0.25) is 5.28 Å². The third-order valence-electron chi connectivity index (χ3n) is 3.33. The monoisotopic (exact) mass is 312 g/mol. The normalized spacial score (nSPS) is 14.9. The quantitative estimate of drug-likeness (QED) is 0.886. The molecule has 0 atom stereocenters. The number of piperidine rings is 1. The third-order valence-corrected chi connectivity index (χ3v) is 3.50. The molecule has 2 heterocycles. The van der Waals surface area contributed by atoms with Crippen LogP contribution in [0.4, 0.5) is 11.9 Å². The van der Waals surface area contributed by atoms with Gasteiger partial charge in [-0.05, 0) is 30.9 Å². The average Bonchev–Trinajstić information content (AvgIpc) is 2.47. The summed E-state index contributed by atoms with van der Waals surface area (Å²) in [5, 5.41) is 3.17. The molecule has 0 aromatic carbocycles. The van der Waals surface area contributed by atoms with Crippen LogP contribution in [-0.4, -0.2) is 59.5 Å². The number of aromatic nitrogens is 3. The van der Waals surface area contributed by atoms with Crippen LogP contribution >= 0.6 is 11.6 Å². The van der Waals surface area contributed by atoms with Gasteiger partial charge in [-0.25, -0.2) is 0 Å². The standard InChI is InChI=1S/C13H21ClN6O/c1-19(2)13-17-11(14)16-12(18-13)15-7-6-10(21)20-8-4-3-5-9-20/h3-9H2,1-2H3,(H,15,16,17,18). The number of halogens is 1. The molecule has 0 saturated carbocycles. The molecule has 1 aliphatic heterocycles. The zero-order valence-electron chi connectivity index (χ0n) is 12.5. The molecule has 116 valence electrons. The van der Waals surface area contributed by atoms with Gasteiger partial charge in [0.25, 0.3) is 0 Å². The Morgan fingerprint density at radius 3 is 2.62 bits per heavy atom. The molecular weight excluding hydrogens is 292 g/mol. The molecule has 1 amide bonds. The molecule has 0 unspecified atom stereocenters. The summed E-state index contributed by atoms with van der Waals surface area (Å²) in [6.45, 7) is 2.24. The molecule has 0 aliphatic carbocycles. The lowest BCUT2D eigenvalue weighted by Gasteiger charge is -2.26. The number of nitrogens with zero attached hydrogens (tertiary/aromatic N) is 5. The van der Waals surface area contributed by atoms with Gasteiger partial charge < -0.3 is 15.1 Å². The molecule has 0 bridgehead atoms. The Balaban J connectivity index is 1.84. The number of nitrogens with one attached hydrogen (secondary N) is 1. The second-order valence-corrected chi connectivity index (χ2v) is 5.58. The van der Waals surface area contributed by atoms with E-state index >= 15 is 0 Å². The van der Waals surface area contributed by atoms with Crippen molar-refractivity contribution in [2.45, 2.75) is 25.7 Å². The van der Waals surface area contributed by atoms with Crippen LogP contribution in [0.5, 0.6) is 0 Å². The van der Waals surface area contributed by atoms with E-state index in [4.69, 9.17) is 11.6 Å². The van der Waals surface area contributed by atoms with E-state index in [9.17, 15) is 4.79 Å². The summed E-state index contributed by atoms with van der Waals surface area (Å²) in [5.41, 5.74) is 0. The molecule has 0 spiro atoms. The minimum Gasteiger partial charge on any atom is -0.354 e. The van der Waals surface area contributed by atoms with Crippen LogP contribution in [0.15, 0.2) is 0 Å². The fraction of sp³-hybridized carbons (Fsp3) is 0.692. The first kappa shape index (κ1) is 15.8. The van der Waals surface area contributed by atoms with E-state index in [0.717, 1.165) is 25.9 Å². The second-order valence-electron chi connectivity index (χ2n) is 5.24. The van der Waals surface area contributed by atoms with Gasteiger partial charge in [0.05, 0.1) is 0 Å². The summed E-state index contributed by atoms with van der Waals surface area (Å²) in [5.74, 6) is 1.06. The molecule has 0 radical (unpaired) electrons. The van der Waals surface area contributed by atoms with E-state index in [-0.39, 0.29) is 11.2 Å². The number of rotatable bonds is 5. The Hall–Kier alpha value is -1.63. The highest BCUT2D eigenvalue weighted by Gasteiger charge is 2.16. The summed E-state index contributed by atoms with van der Waals surface area (Å²) in [6, 6.07) is 0. The number of carbonyl (C=O) groups is 1. The van der Waals surface area contributed by atoms with Gasteiger partial charge in [0, 0.05) is 40.2 Å². The van der Waals surface area contributed by atoms with Gasteiger partial charge in [0.2, 0.25) is 23.1 Å². The van der Waals surface area contributed by atoms with Crippen LogP contribution in [0, 0.1) is 0 Å². The SMILES string of the molecule is CN(C)c1nc(Cl)nc(NCCC(=O)N2CCCCC2)n1. The van der Waals surface area contributed by atoms with E-state index in [1.807, 2.05) is 19.0 Å².